The van der Waals surface area contributed by atoms with Crippen molar-refractivity contribution in [3.63, 3.8) is 0 Å². The Morgan fingerprint density at radius 3 is 2.75 bits per heavy atom. The summed E-state index contributed by atoms with van der Waals surface area (Å²) < 4.78 is 1.58. The van der Waals surface area contributed by atoms with Crippen LogP contribution in [0.1, 0.15) is 30.7 Å². The number of likely N-dealkylation sites (tertiary alicyclic amines) is 1. The first-order valence-corrected chi connectivity index (χ1v) is 6.63. The molecule has 1 aromatic rings. The van der Waals surface area contributed by atoms with Gasteiger partial charge in [-0.2, -0.15) is 5.10 Å². The molecule has 0 radical (unpaired) electrons. The highest BCUT2D eigenvalue weighted by molar-refractivity contribution is 5.79. The summed E-state index contributed by atoms with van der Waals surface area (Å²) in [6.07, 6.45) is 2.70. The van der Waals surface area contributed by atoms with Gasteiger partial charge < -0.3 is 5.73 Å². The lowest BCUT2D eigenvalue weighted by Crippen LogP contribution is -2.48. The highest BCUT2D eigenvalue weighted by Crippen LogP contribution is 2.24. The average Bonchev–Trinajstić information content (AvgIpc) is 2.64. The number of carbonyl (C=O) groups is 1. The van der Waals surface area contributed by atoms with Gasteiger partial charge in [0.15, 0.2) is 0 Å². The Kier molecular flexibility index (Phi) is 4.03. The van der Waals surface area contributed by atoms with E-state index < -0.39 is 4.92 Å². The van der Waals surface area contributed by atoms with Gasteiger partial charge in [-0.25, -0.2) is 4.68 Å². The van der Waals surface area contributed by atoms with Crippen LogP contribution >= 0.6 is 0 Å². The van der Waals surface area contributed by atoms with Crippen LogP contribution in [0.5, 0.6) is 0 Å². The molecule has 0 unspecified atom stereocenters. The first-order chi connectivity index (χ1) is 9.41. The van der Waals surface area contributed by atoms with Gasteiger partial charge in [-0.1, -0.05) is 6.42 Å². The molecular formula is C12H19N5O3. The van der Waals surface area contributed by atoms with Crippen LogP contribution in [-0.4, -0.2) is 38.1 Å². The molecule has 0 aliphatic carbocycles. The largest absolute Gasteiger partial charge is 0.368 e. The minimum absolute atomic E-state index is 0.0395. The normalized spacial score (nSPS) is 20.0. The molecule has 1 saturated heterocycles. The molecule has 8 heteroatoms. The third-order valence-electron chi connectivity index (χ3n) is 3.78. The van der Waals surface area contributed by atoms with Crippen molar-refractivity contribution in [1.29, 1.82) is 0 Å². The lowest BCUT2D eigenvalue weighted by Gasteiger charge is -2.33. The van der Waals surface area contributed by atoms with Crippen LogP contribution in [0.2, 0.25) is 0 Å². The van der Waals surface area contributed by atoms with Crippen molar-refractivity contribution < 1.29 is 9.72 Å². The zero-order valence-electron chi connectivity index (χ0n) is 11.7. The monoisotopic (exact) mass is 281 g/mol. The number of nitrogens with two attached hydrogens (primary N) is 1. The summed E-state index contributed by atoms with van der Waals surface area (Å²) in [4.78, 5) is 24.0. The van der Waals surface area contributed by atoms with Gasteiger partial charge >= 0.3 is 5.69 Å². The quantitative estimate of drug-likeness (QED) is 0.646. The Balaban J connectivity index is 2.23. The predicted octanol–water partition coefficient (Wildman–Crippen LogP) is 0.705. The van der Waals surface area contributed by atoms with Crippen molar-refractivity contribution in [2.75, 3.05) is 6.54 Å². The molecule has 0 spiro atoms. The molecule has 1 aromatic heterocycles. The molecule has 20 heavy (non-hydrogen) atoms. The highest BCUT2D eigenvalue weighted by atomic mass is 16.6. The van der Waals surface area contributed by atoms with E-state index in [0.717, 1.165) is 25.8 Å². The highest BCUT2D eigenvalue weighted by Gasteiger charge is 2.29. The van der Waals surface area contributed by atoms with Gasteiger partial charge in [0.1, 0.15) is 11.4 Å². The standard InChI is InChI=1S/C12H19N5O3/c1-8-11(17(19)20)9(2)16(14-8)7-15-6-4-3-5-10(15)12(13)18/h10H,3-7H2,1-2H3,(H2,13,18)/t10-/m1/s1. The predicted molar refractivity (Wildman–Crippen MR) is 71.9 cm³/mol. The van der Waals surface area contributed by atoms with Crippen LogP contribution in [-0.2, 0) is 11.5 Å². The van der Waals surface area contributed by atoms with E-state index in [1.165, 1.54) is 0 Å². The smallest absolute Gasteiger partial charge is 0.312 e. The second kappa shape index (κ2) is 5.58. The number of aromatic nitrogens is 2. The van der Waals surface area contributed by atoms with E-state index in [9.17, 15) is 14.9 Å². The molecule has 2 heterocycles. The van der Waals surface area contributed by atoms with Crippen molar-refractivity contribution in [3.8, 4) is 0 Å². The van der Waals surface area contributed by atoms with Crippen LogP contribution in [0.4, 0.5) is 5.69 Å². The van der Waals surface area contributed by atoms with E-state index in [0.29, 0.717) is 18.1 Å². The number of nitrogens with zero attached hydrogens (tertiary/aromatic N) is 4. The fourth-order valence-electron chi connectivity index (χ4n) is 2.74. The van der Waals surface area contributed by atoms with Gasteiger partial charge in [0.25, 0.3) is 0 Å². The minimum atomic E-state index is -0.421. The van der Waals surface area contributed by atoms with E-state index in [1.54, 1.807) is 18.5 Å². The molecule has 0 aromatic carbocycles. The second-order valence-corrected chi connectivity index (χ2v) is 5.14. The molecule has 110 valence electrons. The third-order valence-corrected chi connectivity index (χ3v) is 3.78. The molecule has 2 rings (SSSR count). The van der Waals surface area contributed by atoms with Crippen LogP contribution in [0, 0.1) is 24.0 Å². The number of amides is 1. The first-order valence-electron chi connectivity index (χ1n) is 6.63. The molecular weight excluding hydrogens is 262 g/mol. The van der Waals surface area contributed by atoms with Gasteiger partial charge in [0, 0.05) is 6.54 Å². The number of aryl methyl sites for hydroxylation is 1. The summed E-state index contributed by atoms with van der Waals surface area (Å²) in [5.74, 6) is -0.347. The van der Waals surface area contributed by atoms with Gasteiger partial charge in [0.05, 0.1) is 17.6 Å². The van der Waals surface area contributed by atoms with Crippen molar-refractivity contribution in [3.05, 3.63) is 21.5 Å². The Morgan fingerprint density at radius 1 is 1.50 bits per heavy atom. The molecule has 1 aliphatic rings. The Hall–Kier alpha value is -1.96. The average molecular weight is 281 g/mol. The number of piperidine rings is 1. The molecule has 2 N–H and O–H groups in total. The fourth-order valence-corrected chi connectivity index (χ4v) is 2.74. The summed E-state index contributed by atoms with van der Waals surface area (Å²) in [6, 6.07) is -0.313. The number of carbonyl (C=O) groups excluding carboxylic acids is 1. The van der Waals surface area contributed by atoms with Crippen molar-refractivity contribution >= 4 is 11.6 Å². The maximum absolute atomic E-state index is 11.5. The Bertz CT molecular complexity index is 539. The number of primary amides is 1. The lowest BCUT2D eigenvalue weighted by molar-refractivity contribution is -0.386. The molecule has 1 fully saturated rings. The minimum Gasteiger partial charge on any atom is -0.368 e. The van der Waals surface area contributed by atoms with Gasteiger partial charge in [-0.3, -0.25) is 19.8 Å². The number of hydrogen-bond acceptors (Lipinski definition) is 5. The van der Waals surface area contributed by atoms with E-state index >= 15 is 0 Å². The third kappa shape index (κ3) is 2.64. The summed E-state index contributed by atoms with van der Waals surface area (Å²) in [5, 5.41) is 15.2. The van der Waals surface area contributed by atoms with Crippen molar-refractivity contribution in [2.45, 2.75) is 45.8 Å². The van der Waals surface area contributed by atoms with E-state index in [2.05, 4.69) is 5.10 Å². The molecule has 1 atom stereocenters. The van der Waals surface area contributed by atoms with Crippen molar-refractivity contribution in [1.82, 2.24) is 14.7 Å². The van der Waals surface area contributed by atoms with Gasteiger partial charge in [0.2, 0.25) is 5.91 Å². The zero-order chi connectivity index (χ0) is 14.9. The SMILES string of the molecule is Cc1nn(CN2CCCC[C@@H]2C(N)=O)c(C)c1[N+](=O)[O-]. The van der Waals surface area contributed by atoms with Crippen molar-refractivity contribution in [2.24, 2.45) is 5.73 Å². The van der Waals surface area contributed by atoms with Gasteiger partial charge in [-0.15, -0.1) is 0 Å². The molecule has 1 amide bonds. The van der Waals surface area contributed by atoms with Crippen LogP contribution < -0.4 is 5.73 Å². The van der Waals surface area contributed by atoms with Crippen LogP contribution in [0.15, 0.2) is 0 Å². The fraction of sp³-hybridized carbons (Fsp3) is 0.667. The van der Waals surface area contributed by atoms with Gasteiger partial charge in [-0.05, 0) is 26.7 Å². The summed E-state index contributed by atoms with van der Waals surface area (Å²) in [5.41, 5.74) is 6.34. The summed E-state index contributed by atoms with van der Waals surface area (Å²) in [6.45, 7) is 4.39. The maximum Gasteiger partial charge on any atom is 0.312 e. The van der Waals surface area contributed by atoms with Crippen LogP contribution in [0.25, 0.3) is 0 Å². The topological polar surface area (TPSA) is 107 Å². The molecule has 8 nitrogen and oxygen atoms in total. The summed E-state index contributed by atoms with van der Waals surface area (Å²) >= 11 is 0. The number of rotatable bonds is 4. The zero-order valence-corrected chi connectivity index (χ0v) is 11.7. The van der Waals surface area contributed by atoms with E-state index in [4.69, 9.17) is 5.73 Å². The molecule has 1 aliphatic heterocycles. The molecule has 0 saturated carbocycles. The lowest BCUT2D eigenvalue weighted by atomic mass is 10.0. The Labute approximate surface area is 116 Å². The van der Waals surface area contributed by atoms with E-state index in [1.807, 2.05) is 4.90 Å². The van der Waals surface area contributed by atoms with Crippen LogP contribution in [0.3, 0.4) is 0 Å². The first kappa shape index (κ1) is 14.4. The second-order valence-electron chi connectivity index (χ2n) is 5.14. The maximum atomic E-state index is 11.5. The summed E-state index contributed by atoms with van der Waals surface area (Å²) in [7, 11) is 0. The van der Waals surface area contributed by atoms with E-state index in [-0.39, 0.29) is 17.6 Å². The Morgan fingerprint density at radius 2 is 2.20 bits per heavy atom. The number of hydrogen-bond donors (Lipinski definition) is 1. The number of nitro groups is 1. The molecule has 0 bridgehead atoms.